The molecule has 0 spiro atoms. The quantitative estimate of drug-likeness (QED) is 0.857. The summed E-state index contributed by atoms with van der Waals surface area (Å²) in [4.78, 5) is 0. The zero-order valence-corrected chi connectivity index (χ0v) is 11.1. The molecule has 0 radical (unpaired) electrons. The van der Waals surface area contributed by atoms with Crippen molar-refractivity contribution in [1.82, 2.24) is 0 Å². The first kappa shape index (κ1) is 14.1. The van der Waals surface area contributed by atoms with E-state index in [1.54, 1.807) is 13.2 Å². The first-order valence-electron chi connectivity index (χ1n) is 5.90. The highest BCUT2D eigenvalue weighted by atomic mass is 19.1. The van der Waals surface area contributed by atoms with Gasteiger partial charge in [0.2, 0.25) is 0 Å². The van der Waals surface area contributed by atoms with Crippen molar-refractivity contribution >= 4 is 0 Å². The maximum atomic E-state index is 13.0. The summed E-state index contributed by atoms with van der Waals surface area (Å²) in [5, 5.41) is 0. The van der Waals surface area contributed by atoms with E-state index >= 15 is 0 Å². The van der Waals surface area contributed by atoms with Crippen molar-refractivity contribution < 1.29 is 9.13 Å². The summed E-state index contributed by atoms with van der Waals surface area (Å²) >= 11 is 0. The van der Waals surface area contributed by atoms with Crippen LogP contribution in [0.5, 0.6) is 0 Å². The minimum atomic E-state index is -0.215. The molecular weight excluding hydrogens is 217 g/mol. The first-order chi connectivity index (χ1) is 7.84. The Hall–Kier alpha value is -0.930. The second-order valence-corrected chi connectivity index (χ2v) is 5.20. The highest BCUT2D eigenvalue weighted by Gasteiger charge is 2.20. The molecule has 1 rings (SSSR count). The molecule has 0 aliphatic heterocycles. The molecule has 1 unspecified atom stereocenters. The molecule has 0 saturated heterocycles. The Morgan fingerprint density at radius 3 is 2.59 bits per heavy atom. The number of benzene rings is 1. The van der Waals surface area contributed by atoms with E-state index in [1.165, 1.54) is 6.07 Å². The lowest BCUT2D eigenvalue weighted by Gasteiger charge is -2.26. The lowest BCUT2D eigenvalue weighted by Crippen LogP contribution is -2.35. The van der Waals surface area contributed by atoms with Crippen LogP contribution >= 0.6 is 0 Å². The van der Waals surface area contributed by atoms with Crippen molar-refractivity contribution in [2.24, 2.45) is 5.73 Å². The number of hydrogen-bond acceptors (Lipinski definition) is 2. The Labute approximate surface area is 103 Å². The van der Waals surface area contributed by atoms with E-state index < -0.39 is 0 Å². The SMILES string of the molecule is COC(C)(C)CC(N)Cc1ccc(F)cc1C. The molecule has 0 saturated carbocycles. The predicted octanol–water partition coefficient (Wildman–Crippen LogP) is 2.82. The summed E-state index contributed by atoms with van der Waals surface area (Å²) in [6.07, 6.45) is 1.53. The van der Waals surface area contributed by atoms with Gasteiger partial charge in [0.15, 0.2) is 0 Å². The fourth-order valence-corrected chi connectivity index (χ4v) is 1.96. The molecule has 1 atom stereocenters. The molecule has 0 aromatic heterocycles. The summed E-state index contributed by atoms with van der Waals surface area (Å²) in [5.41, 5.74) is 7.94. The van der Waals surface area contributed by atoms with Crippen LogP contribution < -0.4 is 5.73 Å². The van der Waals surface area contributed by atoms with Crippen molar-refractivity contribution in [3.63, 3.8) is 0 Å². The van der Waals surface area contributed by atoms with Gasteiger partial charge in [-0.1, -0.05) is 6.07 Å². The molecular formula is C14H22FNO. The average Bonchev–Trinajstić information content (AvgIpc) is 2.21. The molecule has 2 nitrogen and oxygen atoms in total. The lowest BCUT2D eigenvalue weighted by molar-refractivity contribution is 0.0102. The van der Waals surface area contributed by atoms with Crippen molar-refractivity contribution in [3.05, 3.63) is 35.1 Å². The predicted molar refractivity (Wildman–Crippen MR) is 68.5 cm³/mol. The van der Waals surface area contributed by atoms with Gasteiger partial charge in [-0.25, -0.2) is 4.39 Å². The molecule has 1 aromatic carbocycles. The lowest BCUT2D eigenvalue weighted by atomic mass is 9.93. The van der Waals surface area contributed by atoms with Crippen LogP contribution in [-0.2, 0) is 11.2 Å². The molecule has 3 heteroatoms. The number of halogens is 1. The molecule has 0 bridgehead atoms. The van der Waals surface area contributed by atoms with Crippen LogP contribution in [0.3, 0.4) is 0 Å². The molecule has 0 heterocycles. The van der Waals surface area contributed by atoms with Crippen molar-refractivity contribution in [1.29, 1.82) is 0 Å². The smallest absolute Gasteiger partial charge is 0.123 e. The van der Waals surface area contributed by atoms with Crippen LogP contribution in [0.4, 0.5) is 4.39 Å². The van der Waals surface area contributed by atoms with Crippen LogP contribution in [0, 0.1) is 12.7 Å². The standard InChI is InChI=1S/C14H22FNO/c1-10-7-12(15)6-5-11(10)8-13(16)9-14(2,3)17-4/h5-7,13H,8-9,16H2,1-4H3. The number of methoxy groups -OCH3 is 1. The fourth-order valence-electron chi connectivity index (χ4n) is 1.96. The van der Waals surface area contributed by atoms with Crippen LogP contribution in [0.15, 0.2) is 18.2 Å². The second kappa shape index (κ2) is 5.61. The Balaban J connectivity index is 2.65. The van der Waals surface area contributed by atoms with E-state index in [2.05, 4.69) is 0 Å². The molecule has 1 aromatic rings. The number of rotatable bonds is 5. The Morgan fingerprint density at radius 1 is 1.41 bits per heavy atom. The van der Waals surface area contributed by atoms with Gasteiger partial charge in [-0.15, -0.1) is 0 Å². The number of hydrogen-bond donors (Lipinski definition) is 1. The molecule has 17 heavy (non-hydrogen) atoms. The molecule has 0 aliphatic rings. The van der Waals surface area contributed by atoms with Gasteiger partial charge in [0.1, 0.15) is 5.82 Å². The van der Waals surface area contributed by atoms with Gasteiger partial charge < -0.3 is 10.5 Å². The summed E-state index contributed by atoms with van der Waals surface area (Å²) in [6.45, 7) is 5.95. The minimum absolute atomic E-state index is 0.0223. The summed E-state index contributed by atoms with van der Waals surface area (Å²) < 4.78 is 18.3. The molecule has 0 amide bonds. The van der Waals surface area contributed by atoms with Crippen molar-refractivity contribution in [2.45, 2.75) is 45.3 Å². The van der Waals surface area contributed by atoms with Gasteiger partial charge in [-0.05, 0) is 56.9 Å². The Morgan fingerprint density at radius 2 is 2.06 bits per heavy atom. The van der Waals surface area contributed by atoms with Gasteiger partial charge in [0.25, 0.3) is 0 Å². The van der Waals surface area contributed by atoms with Crippen molar-refractivity contribution in [2.75, 3.05) is 7.11 Å². The summed E-state index contributed by atoms with van der Waals surface area (Å²) in [6, 6.07) is 4.86. The van der Waals surface area contributed by atoms with E-state index in [1.807, 2.05) is 26.8 Å². The number of nitrogens with two attached hydrogens (primary N) is 1. The zero-order valence-electron chi connectivity index (χ0n) is 11.1. The largest absolute Gasteiger partial charge is 0.379 e. The normalized spacial score (nSPS) is 13.8. The van der Waals surface area contributed by atoms with Crippen LogP contribution in [0.1, 0.15) is 31.4 Å². The minimum Gasteiger partial charge on any atom is -0.379 e. The van der Waals surface area contributed by atoms with Gasteiger partial charge >= 0.3 is 0 Å². The highest BCUT2D eigenvalue weighted by Crippen LogP contribution is 2.18. The molecule has 2 N–H and O–H groups in total. The molecule has 96 valence electrons. The van der Waals surface area contributed by atoms with E-state index in [-0.39, 0.29) is 17.5 Å². The third-order valence-electron chi connectivity index (χ3n) is 3.09. The maximum absolute atomic E-state index is 13.0. The van der Waals surface area contributed by atoms with Crippen LogP contribution in [0.2, 0.25) is 0 Å². The van der Waals surface area contributed by atoms with Gasteiger partial charge in [-0.3, -0.25) is 0 Å². The summed E-state index contributed by atoms with van der Waals surface area (Å²) in [5.74, 6) is -0.197. The van der Waals surface area contributed by atoms with Gasteiger partial charge in [-0.2, -0.15) is 0 Å². The third kappa shape index (κ3) is 4.44. The third-order valence-corrected chi connectivity index (χ3v) is 3.09. The van der Waals surface area contributed by atoms with E-state index in [9.17, 15) is 4.39 Å². The highest BCUT2D eigenvalue weighted by molar-refractivity contribution is 5.27. The number of ether oxygens (including phenoxy) is 1. The number of aryl methyl sites for hydroxylation is 1. The second-order valence-electron chi connectivity index (χ2n) is 5.20. The maximum Gasteiger partial charge on any atom is 0.123 e. The Bertz CT molecular complexity index is 376. The Kier molecular flexibility index (Phi) is 4.66. The monoisotopic (exact) mass is 239 g/mol. The van der Waals surface area contributed by atoms with Crippen LogP contribution in [0.25, 0.3) is 0 Å². The summed E-state index contributed by atoms with van der Waals surface area (Å²) in [7, 11) is 1.69. The van der Waals surface area contributed by atoms with E-state index in [0.29, 0.717) is 0 Å². The van der Waals surface area contributed by atoms with Crippen molar-refractivity contribution in [3.8, 4) is 0 Å². The average molecular weight is 239 g/mol. The molecule has 0 aliphatic carbocycles. The van der Waals surface area contributed by atoms with Gasteiger partial charge in [0.05, 0.1) is 5.60 Å². The van der Waals surface area contributed by atoms with E-state index in [4.69, 9.17) is 10.5 Å². The molecule has 0 fully saturated rings. The topological polar surface area (TPSA) is 35.2 Å². The van der Waals surface area contributed by atoms with E-state index in [0.717, 1.165) is 24.0 Å². The van der Waals surface area contributed by atoms with Gasteiger partial charge in [0, 0.05) is 13.2 Å². The zero-order chi connectivity index (χ0) is 13.1. The van der Waals surface area contributed by atoms with Crippen LogP contribution in [-0.4, -0.2) is 18.8 Å². The fraction of sp³-hybridized carbons (Fsp3) is 0.571. The first-order valence-corrected chi connectivity index (χ1v) is 5.90.